The van der Waals surface area contributed by atoms with E-state index in [1.165, 1.54) is 10.7 Å². The number of hydrogen-bond donors (Lipinski definition) is 1. The van der Waals surface area contributed by atoms with E-state index in [9.17, 15) is 18.0 Å². The minimum Gasteiger partial charge on any atom is -0.366 e. The number of amides is 1. The van der Waals surface area contributed by atoms with E-state index in [-0.39, 0.29) is 5.56 Å². The number of fused-ring (bicyclic) bond motifs is 1. The lowest BCUT2D eigenvalue weighted by Crippen LogP contribution is -2.12. The number of nitrogens with zero attached hydrogens (tertiary/aromatic N) is 3. The number of nitrogens with two attached hydrogens (primary N) is 1. The maximum absolute atomic E-state index is 13.0. The normalized spacial score (nSPS) is 11.7. The summed E-state index contributed by atoms with van der Waals surface area (Å²) in [6.07, 6.45) is -1.25. The van der Waals surface area contributed by atoms with Gasteiger partial charge in [-0.2, -0.15) is 18.3 Å². The molecular formula is C20H13F3N4O. The largest absolute Gasteiger partial charge is 0.416 e. The van der Waals surface area contributed by atoms with Crippen molar-refractivity contribution < 1.29 is 18.0 Å². The smallest absolute Gasteiger partial charge is 0.366 e. The predicted molar refractivity (Wildman–Crippen MR) is 97.8 cm³/mol. The van der Waals surface area contributed by atoms with Gasteiger partial charge >= 0.3 is 6.18 Å². The number of pyridine rings is 1. The topological polar surface area (TPSA) is 73.8 Å². The second-order valence-electron chi connectivity index (χ2n) is 6.16. The number of primary amides is 1. The van der Waals surface area contributed by atoms with Gasteiger partial charge in [0.2, 0.25) is 0 Å². The number of aromatic nitrogens is 3. The van der Waals surface area contributed by atoms with Gasteiger partial charge in [0.25, 0.3) is 5.91 Å². The highest BCUT2D eigenvalue weighted by Crippen LogP contribution is 2.31. The van der Waals surface area contributed by atoms with E-state index in [0.29, 0.717) is 27.8 Å². The highest BCUT2D eigenvalue weighted by atomic mass is 19.4. The lowest BCUT2D eigenvalue weighted by Gasteiger charge is -2.08. The average molecular weight is 382 g/mol. The molecule has 140 valence electrons. The van der Waals surface area contributed by atoms with E-state index >= 15 is 0 Å². The Balaban J connectivity index is 1.79. The third-order valence-electron chi connectivity index (χ3n) is 4.29. The summed E-state index contributed by atoms with van der Waals surface area (Å²) in [6.45, 7) is 0. The summed E-state index contributed by atoms with van der Waals surface area (Å²) in [4.78, 5) is 15.9. The number of carbonyl (C=O) groups is 1. The Morgan fingerprint density at radius 2 is 1.86 bits per heavy atom. The Hall–Kier alpha value is -3.68. The first kappa shape index (κ1) is 17.7. The molecule has 2 N–H and O–H groups in total. The molecular weight excluding hydrogens is 369 g/mol. The summed E-state index contributed by atoms with van der Waals surface area (Å²) in [6, 6.07) is 13.4. The third kappa shape index (κ3) is 3.20. The fourth-order valence-corrected chi connectivity index (χ4v) is 2.96. The standard InChI is InChI=1S/C20H13F3N4O/c21-20(22,23)14-3-1-4-15(10-14)27-11-13-9-12(6-7-17(13)26-27)18-16(19(24)28)5-2-8-25-18/h1-11H,(H2,24,28). The molecule has 0 spiro atoms. The van der Waals surface area contributed by atoms with Crippen molar-refractivity contribution in [1.82, 2.24) is 14.8 Å². The Labute approximate surface area is 157 Å². The summed E-state index contributed by atoms with van der Waals surface area (Å²) < 4.78 is 40.3. The number of hydrogen-bond acceptors (Lipinski definition) is 3. The second-order valence-corrected chi connectivity index (χ2v) is 6.16. The van der Waals surface area contributed by atoms with Crippen LogP contribution in [0.1, 0.15) is 15.9 Å². The van der Waals surface area contributed by atoms with Crippen molar-refractivity contribution in [3.8, 4) is 16.9 Å². The van der Waals surface area contributed by atoms with Gasteiger partial charge in [0.15, 0.2) is 0 Å². The fraction of sp³-hybridized carbons (Fsp3) is 0.0500. The zero-order valence-corrected chi connectivity index (χ0v) is 14.3. The summed E-state index contributed by atoms with van der Waals surface area (Å²) in [5.74, 6) is -0.595. The van der Waals surface area contributed by atoms with Crippen LogP contribution in [0, 0.1) is 0 Å². The van der Waals surface area contributed by atoms with Gasteiger partial charge in [-0.3, -0.25) is 9.78 Å². The van der Waals surface area contributed by atoms with Gasteiger partial charge in [-0.15, -0.1) is 0 Å². The summed E-state index contributed by atoms with van der Waals surface area (Å²) in [7, 11) is 0. The van der Waals surface area contributed by atoms with Crippen LogP contribution < -0.4 is 5.73 Å². The van der Waals surface area contributed by atoms with Gasteiger partial charge in [0.1, 0.15) is 0 Å². The molecule has 0 bridgehead atoms. The molecule has 2 aromatic carbocycles. The predicted octanol–water partition coefficient (Wildman–Crippen LogP) is 4.21. The second kappa shape index (κ2) is 6.49. The first-order valence-electron chi connectivity index (χ1n) is 8.25. The van der Waals surface area contributed by atoms with Gasteiger partial charge in [-0.1, -0.05) is 12.1 Å². The molecule has 28 heavy (non-hydrogen) atoms. The van der Waals surface area contributed by atoms with Gasteiger partial charge in [0.05, 0.1) is 28.0 Å². The van der Waals surface area contributed by atoms with Crippen molar-refractivity contribution in [2.75, 3.05) is 0 Å². The van der Waals surface area contributed by atoms with Crippen molar-refractivity contribution in [3.63, 3.8) is 0 Å². The van der Waals surface area contributed by atoms with E-state index < -0.39 is 17.6 Å². The zero-order chi connectivity index (χ0) is 19.9. The minimum atomic E-state index is -4.43. The molecule has 0 saturated carbocycles. The monoisotopic (exact) mass is 382 g/mol. The fourth-order valence-electron chi connectivity index (χ4n) is 2.96. The highest BCUT2D eigenvalue weighted by Gasteiger charge is 2.30. The molecule has 0 aliphatic carbocycles. The highest BCUT2D eigenvalue weighted by molar-refractivity contribution is 5.99. The molecule has 4 aromatic rings. The molecule has 0 radical (unpaired) electrons. The molecule has 5 nitrogen and oxygen atoms in total. The maximum Gasteiger partial charge on any atom is 0.416 e. The SMILES string of the molecule is NC(=O)c1cccnc1-c1ccc2nn(-c3cccc(C(F)(F)F)c3)cc2c1. The van der Waals surface area contributed by atoms with E-state index in [1.54, 1.807) is 48.8 Å². The number of alkyl halides is 3. The molecule has 0 fully saturated rings. The molecule has 0 atom stereocenters. The molecule has 1 amide bonds. The van der Waals surface area contributed by atoms with Crippen molar-refractivity contribution in [2.24, 2.45) is 5.73 Å². The molecule has 4 rings (SSSR count). The first-order valence-corrected chi connectivity index (χ1v) is 8.25. The molecule has 0 aliphatic heterocycles. The van der Waals surface area contributed by atoms with E-state index in [1.807, 2.05) is 0 Å². The van der Waals surface area contributed by atoms with Gasteiger partial charge in [-0.25, -0.2) is 4.68 Å². The third-order valence-corrected chi connectivity index (χ3v) is 4.29. The Morgan fingerprint density at radius 1 is 1.04 bits per heavy atom. The van der Waals surface area contributed by atoms with Crippen LogP contribution in [0.3, 0.4) is 0 Å². The first-order chi connectivity index (χ1) is 13.3. The van der Waals surface area contributed by atoms with E-state index in [4.69, 9.17) is 5.73 Å². The number of carbonyl (C=O) groups excluding carboxylic acids is 1. The van der Waals surface area contributed by atoms with Crippen LogP contribution in [0.5, 0.6) is 0 Å². The van der Waals surface area contributed by atoms with Gasteiger partial charge in [-0.05, 0) is 42.5 Å². The summed E-state index contributed by atoms with van der Waals surface area (Å²) in [5.41, 5.74) is 6.93. The Bertz CT molecular complexity index is 1200. The van der Waals surface area contributed by atoms with Gasteiger partial charge in [0, 0.05) is 23.3 Å². The lowest BCUT2D eigenvalue weighted by molar-refractivity contribution is -0.137. The molecule has 0 saturated heterocycles. The molecule has 8 heteroatoms. The van der Waals surface area contributed by atoms with Crippen molar-refractivity contribution in [3.05, 3.63) is 78.1 Å². The number of halogens is 3. The number of benzene rings is 2. The van der Waals surface area contributed by atoms with Crippen LogP contribution in [0.15, 0.2) is 67.0 Å². The lowest BCUT2D eigenvalue weighted by atomic mass is 10.0. The average Bonchev–Trinajstić information content (AvgIpc) is 3.11. The van der Waals surface area contributed by atoms with Crippen molar-refractivity contribution >= 4 is 16.8 Å². The zero-order valence-electron chi connectivity index (χ0n) is 14.3. The van der Waals surface area contributed by atoms with Gasteiger partial charge < -0.3 is 5.73 Å². The maximum atomic E-state index is 13.0. The molecule has 2 aromatic heterocycles. The van der Waals surface area contributed by atoms with E-state index in [0.717, 1.165) is 12.1 Å². The van der Waals surface area contributed by atoms with Crippen LogP contribution in [0.25, 0.3) is 27.8 Å². The molecule has 0 aliphatic rings. The van der Waals surface area contributed by atoms with Crippen molar-refractivity contribution in [1.29, 1.82) is 0 Å². The quantitative estimate of drug-likeness (QED) is 0.577. The Kier molecular flexibility index (Phi) is 4.11. The van der Waals surface area contributed by atoms with Crippen LogP contribution >= 0.6 is 0 Å². The van der Waals surface area contributed by atoms with Crippen LogP contribution in [-0.2, 0) is 6.18 Å². The Morgan fingerprint density at radius 3 is 2.61 bits per heavy atom. The molecule has 2 heterocycles. The van der Waals surface area contributed by atoms with Crippen molar-refractivity contribution in [2.45, 2.75) is 6.18 Å². The number of rotatable bonds is 3. The van der Waals surface area contributed by atoms with Crippen LogP contribution in [0.4, 0.5) is 13.2 Å². The van der Waals surface area contributed by atoms with E-state index in [2.05, 4.69) is 10.1 Å². The summed E-state index contributed by atoms with van der Waals surface area (Å²) in [5, 5.41) is 5.03. The minimum absolute atomic E-state index is 0.284. The summed E-state index contributed by atoms with van der Waals surface area (Å²) >= 11 is 0. The van der Waals surface area contributed by atoms with Crippen LogP contribution in [-0.4, -0.2) is 20.7 Å². The van der Waals surface area contributed by atoms with Crippen LogP contribution in [0.2, 0.25) is 0 Å². The molecule has 0 unspecified atom stereocenters.